The molecule has 0 bridgehead atoms. The van der Waals surface area contributed by atoms with Gasteiger partial charge >= 0.3 is 0 Å². The topological polar surface area (TPSA) is 55.1 Å². The summed E-state index contributed by atoms with van der Waals surface area (Å²) in [6, 6.07) is 13.3. The third-order valence-corrected chi connectivity index (χ3v) is 3.64. The fraction of sp³-hybridized carbons (Fsp3) is 0.188. The summed E-state index contributed by atoms with van der Waals surface area (Å²) in [6.45, 7) is 3.99. The number of carbonyl (C=O) groups is 1. The highest BCUT2D eigenvalue weighted by Gasteiger charge is 2.14. The van der Waals surface area contributed by atoms with Gasteiger partial charge in [0.2, 0.25) is 0 Å². The van der Waals surface area contributed by atoms with E-state index in [2.05, 4.69) is 27.3 Å². The third-order valence-electron chi connectivity index (χ3n) is 3.15. The quantitative estimate of drug-likeness (QED) is 0.839. The van der Waals surface area contributed by atoms with Gasteiger partial charge in [-0.1, -0.05) is 45.8 Å². The van der Waals surface area contributed by atoms with Crippen molar-refractivity contribution in [3.63, 3.8) is 0 Å². The number of hydrogen-bond donors (Lipinski definition) is 2. The lowest BCUT2D eigenvalue weighted by atomic mass is 10.1. The van der Waals surface area contributed by atoms with Crippen molar-refractivity contribution in [2.24, 2.45) is 0 Å². The van der Waals surface area contributed by atoms with Crippen LogP contribution in [0.25, 0.3) is 0 Å². The molecule has 1 atom stereocenters. The zero-order valence-corrected chi connectivity index (χ0v) is 13.1. The maximum atomic E-state index is 12.3. The summed E-state index contributed by atoms with van der Waals surface area (Å²) in [5.41, 5.74) is 9.05. The Labute approximate surface area is 127 Å². The number of rotatable bonds is 3. The molecular weight excluding hydrogens is 316 g/mol. The first-order valence-electron chi connectivity index (χ1n) is 6.40. The van der Waals surface area contributed by atoms with Crippen LogP contribution < -0.4 is 11.1 Å². The SMILES string of the molecule is Cc1cccc([C@@H](C)NC(=O)c2cc(Br)ccc2N)c1. The highest BCUT2D eigenvalue weighted by molar-refractivity contribution is 9.10. The highest BCUT2D eigenvalue weighted by atomic mass is 79.9. The summed E-state index contributed by atoms with van der Waals surface area (Å²) in [7, 11) is 0. The van der Waals surface area contributed by atoms with Crippen LogP contribution in [0.15, 0.2) is 46.9 Å². The molecule has 0 fully saturated rings. The van der Waals surface area contributed by atoms with Crippen molar-refractivity contribution in [1.29, 1.82) is 0 Å². The zero-order valence-electron chi connectivity index (χ0n) is 11.5. The van der Waals surface area contributed by atoms with Gasteiger partial charge in [-0.3, -0.25) is 4.79 Å². The predicted molar refractivity (Wildman–Crippen MR) is 85.6 cm³/mol. The molecular formula is C16H17BrN2O. The molecule has 0 spiro atoms. The molecule has 1 amide bonds. The molecule has 0 radical (unpaired) electrons. The first kappa shape index (κ1) is 14.6. The smallest absolute Gasteiger partial charge is 0.253 e. The van der Waals surface area contributed by atoms with Crippen molar-refractivity contribution < 1.29 is 4.79 Å². The second-order valence-corrected chi connectivity index (χ2v) is 5.76. The maximum absolute atomic E-state index is 12.3. The molecule has 0 unspecified atom stereocenters. The number of halogens is 1. The summed E-state index contributed by atoms with van der Waals surface area (Å²) >= 11 is 3.35. The van der Waals surface area contributed by atoms with E-state index in [4.69, 9.17) is 5.73 Å². The molecule has 3 nitrogen and oxygen atoms in total. The Morgan fingerprint density at radius 2 is 2.00 bits per heavy atom. The van der Waals surface area contributed by atoms with Crippen molar-refractivity contribution in [3.8, 4) is 0 Å². The number of benzene rings is 2. The maximum Gasteiger partial charge on any atom is 0.253 e. The second-order valence-electron chi connectivity index (χ2n) is 4.84. The molecule has 2 aromatic carbocycles. The van der Waals surface area contributed by atoms with Gasteiger partial charge in [-0.25, -0.2) is 0 Å². The van der Waals surface area contributed by atoms with Gasteiger partial charge in [0.1, 0.15) is 0 Å². The number of carbonyl (C=O) groups excluding carboxylic acids is 1. The molecule has 0 aliphatic rings. The standard InChI is InChI=1S/C16H17BrN2O/c1-10-4-3-5-12(8-10)11(2)19-16(20)14-9-13(17)6-7-15(14)18/h3-9,11H,18H2,1-2H3,(H,19,20)/t11-/m1/s1. The molecule has 0 heterocycles. The van der Waals surface area contributed by atoms with Crippen LogP contribution in [-0.2, 0) is 0 Å². The first-order valence-corrected chi connectivity index (χ1v) is 7.19. The zero-order chi connectivity index (χ0) is 14.7. The monoisotopic (exact) mass is 332 g/mol. The van der Waals surface area contributed by atoms with E-state index in [9.17, 15) is 4.79 Å². The van der Waals surface area contributed by atoms with Gasteiger partial charge in [0.25, 0.3) is 5.91 Å². The van der Waals surface area contributed by atoms with Gasteiger partial charge in [0.15, 0.2) is 0 Å². The van der Waals surface area contributed by atoms with Crippen molar-refractivity contribution in [2.75, 3.05) is 5.73 Å². The Morgan fingerprint density at radius 1 is 1.25 bits per heavy atom. The molecule has 0 saturated carbocycles. The van der Waals surface area contributed by atoms with Crippen LogP contribution in [0, 0.1) is 6.92 Å². The number of aryl methyl sites for hydroxylation is 1. The number of amides is 1. The summed E-state index contributed by atoms with van der Waals surface area (Å²) < 4.78 is 0.833. The van der Waals surface area contributed by atoms with E-state index < -0.39 is 0 Å². The largest absolute Gasteiger partial charge is 0.398 e. The number of nitrogens with two attached hydrogens (primary N) is 1. The summed E-state index contributed by atoms with van der Waals surface area (Å²) in [5.74, 6) is -0.169. The van der Waals surface area contributed by atoms with E-state index in [-0.39, 0.29) is 11.9 Å². The van der Waals surface area contributed by atoms with Crippen LogP contribution in [0.4, 0.5) is 5.69 Å². The van der Waals surface area contributed by atoms with Gasteiger partial charge in [0.05, 0.1) is 11.6 Å². The summed E-state index contributed by atoms with van der Waals surface area (Å²) in [4.78, 5) is 12.3. The Bertz CT molecular complexity index is 640. The average molecular weight is 333 g/mol. The van der Waals surface area contributed by atoms with E-state index in [0.29, 0.717) is 11.3 Å². The van der Waals surface area contributed by atoms with Gasteiger partial charge < -0.3 is 11.1 Å². The molecule has 2 aromatic rings. The van der Waals surface area contributed by atoms with Crippen LogP contribution in [-0.4, -0.2) is 5.91 Å². The highest BCUT2D eigenvalue weighted by Crippen LogP contribution is 2.20. The van der Waals surface area contributed by atoms with Crippen molar-refractivity contribution >= 4 is 27.5 Å². The molecule has 20 heavy (non-hydrogen) atoms. The van der Waals surface area contributed by atoms with Crippen LogP contribution in [0.1, 0.15) is 34.5 Å². The third kappa shape index (κ3) is 3.39. The molecule has 104 valence electrons. The lowest BCUT2D eigenvalue weighted by Gasteiger charge is -2.16. The molecule has 0 aliphatic heterocycles. The molecule has 0 aromatic heterocycles. The fourth-order valence-corrected chi connectivity index (χ4v) is 2.38. The normalized spacial score (nSPS) is 11.9. The lowest BCUT2D eigenvalue weighted by Crippen LogP contribution is -2.27. The number of hydrogen-bond acceptors (Lipinski definition) is 2. The minimum absolute atomic E-state index is 0.0687. The Kier molecular flexibility index (Phi) is 4.45. The predicted octanol–water partition coefficient (Wildman–Crippen LogP) is 3.83. The van der Waals surface area contributed by atoms with Crippen LogP contribution in [0.3, 0.4) is 0 Å². The van der Waals surface area contributed by atoms with E-state index in [1.54, 1.807) is 12.1 Å². The summed E-state index contributed by atoms with van der Waals surface area (Å²) in [6.07, 6.45) is 0. The number of nitrogen functional groups attached to an aromatic ring is 1. The number of nitrogens with one attached hydrogen (secondary N) is 1. The Balaban J connectivity index is 2.17. The Hall–Kier alpha value is -1.81. The fourth-order valence-electron chi connectivity index (χ4n) is 2.02. The minimum atomic E-state index is -0.169. The van der Waals surface area contributed by atoms with Crippen LogP contribution in [0.5, 0.6) is 0 Å². The van der Waals surface area contributed by atoms with E-state index in [1.807, 2.05) is 38.1 Å². The van der Waals surface area contributed by atoms with Crippen LogP contribution >= 0.6 is 15.9 Å². The van der Waals surface area contributed by atoms with E-state index >= 15 is 0 Å². The number of anilines is 1. The lowest BCUT2D eigenvalue weighted by molar-refractivity contribution is 0.0940. The Morgan fingerprint density at radius 3 is 2.70 bits per heavy atom. The van der Waals surface area contributed by atoms with Gasteiger partial charge in [0, 0.05) is 10.2 Å². The summed E-state index contributed by atoms with van der Waals surface area (Å²) in [5, 5.41) is 2.97. The molecule has 3 N–H and O–H groups in total. The van der Waals surface area contributed by atoms with Crippen molar-refractivity contribution in [2.45, 2.75) is 19.9 Å². The van der Waals surface area contributed by atoms with Gasteiger partial charge in [-0.2, -0.15) is 0 Å². The van der Waals surface area contributed by atoms with Gasteiger partial charge in [-0.15, -0.1) is 0 Å². The second kappa shape index (κ2) is 6.09. The van der Waals surface area contributed by atoms with Crippen LogP contribution in [0.2, 0.25) is 0 Å². The van der Waals surface area contributed by atoms with E-state index in [1.165, 1.54) is 5.56 Å². The minimum Gasteiger partial charge on any atom is -0.398 e. The first-order chi connectivity index (χ1) is 9.47. The molecule has 4 heteroatoms. The van der Waals surface area contributed by atoms with Crippen molar-refractivity contribution in [3.05, 3.63) is 63.6 Å². The van der Waals surface area contributed by atoms with E-state index in [0.717, 1.165) is 10.0 Å². The van der Waals surface area contributed by atoms with Gasteiger partial charge in [-0.05, 0) is 37.6 Å². The van der Waals surface area contributed by atoms with Crippen molar-refractivity contribution in [1.82, 2.24) is 5.32 Å². The average Bonchev–Trinajstić information content (AvgIpc) is 2.41. The molecule has 2 rings (SSSR count). The molecule has 0 aliphatic carbocycles. The molecule has 0 saturated heterocycles.